The van der Waals surface area contributed by atoms with E-state index >= 15 is 0 Å². The molecule has 0 saturated heterocycles. The Balaban J connectivity index is 4.23. The average molecular weight is 241 g/mol. The minimum atomic E-state index is -0.422. The lowest BCUT2D eigenvalue weighted by Crippen LogP contribution is -2.37. The van der Waals surface area contributed by atoms with Gasteiger partial charge in [0.1, 0.15) is 5.60 Å². The summed E-state index contributed by atoms with van der Waals surface area (Å²) in [6.45, 7) is 13.0. The van der Waals surface area contributed by atoms with Crippen LogP contribution in [0.2, 0.25) is 0 Å². The first kappa shape index (κ1) is 16.0. The lowest BCUT2D eigenvalue weighted by atomic mass is 10.2. The number of unbranched alkanes of at least 4 members (excludes halogenated alkanes) is 2. The number of hydrogen-bond donors (Lipinski definition) is 0. The molecule has 3 nitrogen and oxygen atoms in total. The Morgan fingerprint density at radius 2 is 1.94 bits per heavy atom. The Kier molecular flexibility index (Phi) is 7.68. The molecule has 0 aliphatic rings. The van der Waals surface area contributed by atoms with E-state index in [-0.39, 0.29) is 6.09 Å². The maximum absolute atomic E-state index is 11.9. The van der Waals surface area contributed by atoms with Crippen LogP contribution in [0.4, 0.5) is 4.79 Å². The van der Waals surface area contributed by atoms with Crippen LogP contribution in [-0.2, 0) is 4.74 Å². The van der Waals surface area contributed by atoms with Crippen LogP contribution in [0.3, 0.4) is 0 Å². The second kappa shape index (κ2) is 8.15. The Morgan fingerprint density at radius 3 is 2.41 bits per heavy atom. The van der Waals surface area contributed by atoms with Gasteiger partial charge in [0.05, 0.1) is 0 Å². The first-order valence-electron chi connectivity index (χ1n) is 6.49. The van der Waals surface area contributed by atoms with Crippen molar-refractivity contribution in [2.75, 3.05) is 13.1 Å². The maximum Gasteiger partial charge on any atom is 0.410 e. The largest absolute Gasteiger partial charge is 0.444 e. The normalized spacial score (nSPS) is 11.1. The van der Waals surface area contributed by atoms with Crippen molar-refractivity contribution in [1.82, 2.24) is 4.90 Å². The molecule has 0 N–H and O–H groups in total. The van der Waals surface area contributed by atoms with Crippen LogP contribution in [0.1, 0.15) is 53.4 Å². The highest BCUT2D eigenvalue weighted by atomic mass is 16.6. The molecule has 0 aliphatic heterocycles. The number of hydrogen-bond acceptors (Lipinski definition) is 2. The molecule has 0 fully saturated rings. The van der Waals surface area contributed by atoms with Crippen molar-refractivity contribution in [3.63, 3.8) is 0 Å². The van der Waals surface area contributed by atoms with E-state index in [2.05, 4.69) is 13.5 Å². The van der Waals surface area contributed by atoms with Crippen LogP contribution in [0.5, 0.6) is 0 Å². The Bertz CT molecular complexity index is 231. The van der Waals surface area contributed by atoms with Crippen LogP contribution in [0.15, 0.2) is 12.7 Å². The van der Waals surface area contributed by atoms with Gasteiger partial charge >= 0.3 is 6.09 Å². The SMILES string of the molecule is C=CCCN(CCCCC)C(=O)OC(C)(C)C. The number of rotatable bonds is 7. The van der Waals surface area contributed by atoms with Crippen molar-refractivity contribution < 1.29 is 9.53 Å². The summed E-state index contributed by atoms with van der Waals surface area (Å²) < 4.78 is 5.38. The lowest BCUT2D eigenvalue weighted by molar-refractivity contribution is 0.0250. The lowest BCUT2D eigenvalue weighted by Gasteiger charge is -2.27. The first-order chi connectivity index (χ1) is 7.90. The van der Waals surface area contributed by atoms with Crippen LogP contribution < -0.4 is 0 Å². The molecule has 0 aromatic heterocycles. The third kappa shape index (κ3) is 8.78. The predicted octanol–water partition coefficient (Wildman–Crippen LogP) is 3.99. The van der Waals surface area contributed by atoms with Gasteiger partial charge in [-0.25, -0.2) is 4.79 Å². The van der Waals surface area contributed by atoms with E-state index in [0.717, 1.165) is 32.2 Å². The molecule has 0 aromatic rings. The molecule has 0 atom stereocenters. The van der Waals surface area contributed by atoms with Gasteiger partial charge in [0.25, 0.3) is 0 Å². The zero-order valence-corrected chi connectivity index (χ0v) is 11.8. The molecule has 100 valence electrons. The fourth-order valence-electron chi connectivity index (χ4n) is 1.42. The smallest absolute Gasteiger partial charge is 0.410 e. The van der Waals surface area contributed by atoms with Gasteiger partial charge in [-0.05, 0) is 33.6 Å². The number of amides is 1. The maximum atomic E-state index is 11.9. The third-order valence-electron chi connectivity index (χ3n) is 2.29. The summed E-state index contributed by atoms with van der Waals surface area (Å²) in [7, 11) is 0. The zero-order chi connectivity index (χ0) is 13.3. The van der Waals surface area contributed by atoms with Crippen LogP contribution in [0, 0.1) is 0 Å². The van der Waals surface area contributed by atoms with Crippen molar-refractivity contribution in [2.45, 2.75) is 59.0 Å². The van der Waals surface area contributed by atoms with E-state index in [1.54, 1.807) is 4.90 Å². The molecule has 0 heterocycles. The number of nitrogens with zero attached hydrogens (tertiary/aromatic N) is 1. The van der Waals surface area contributed by atoms with Gasteiger partial charge in [0.15, 0.2) is 0 Å². The van der Waals surface area contributed by atoms with Gasteiger partial charge in [0, 0.05) is 13.1 Å². The highest BCUT2D eigenvalue weighted by Crippen LogP contribution is 2.11. The molecule has 1 amide bonds. The Hall–Kier alpha value is -0.990. The monoisotopic (exact) mass is 241 g/mol. The summed E-state index contributed by atoms with van der Waals surface area (Å²) in [5.41, 5.74) is -0.422. The molecule has 0 radical (unpaired) electrons. The molecule has 0 aromatic carbocycles. The standard InChI is InChI=1S/C14H27NO2/c1-6-8-10-12-15(11-9-7-2)13(16)17-14(3,4)5/h7H,2,6,8-12H2,1,3-5H3. The van der Waals surface area contributed by atoms with Gasteiger partial charge in [-0.15, -0.1) is 6.58 Å². The quantitative estimate of drug-likeness (QED) is 0.498. The van der Waals surface area contributed by atoms with Crippen LogP contribution >= 0.6 is 0 Å². The molecule has 3 heteroatoms. The molecule has 0 bridgehead atoms. The summed E-state index contributed by atoms with van der Waals surface area (Å²) in [5.74, 6) is 0. The van der Waals surface area contributed by atoms with Crippen LogP contribution in [0.25, 0.3) is 0 Å². The minimum Gasteiger partial charge on any atom is -0.444 e. The van der Waals surface area contributed by atoms with Gasteiger partial charge in [-0.2, -0.15) is 0 Å². The van der Waals surface area contributed by atoms with E-state index < -0.39 is 5.60 Å². The summed E-state index contributed by atoms with van der Waals surface area (Å²) in [5, 5.41) is 0. The molecule has 0 rings (SSSR count). The average Bonchev–Trinajstić information content (AvgIpc) is 2.20. The number of ether oxygens (including phenoxy) is 1. The molecule has 0 spiro atoms. The van der Waals surface area contributed by atoms with Gasteiger partial charge < -0.3 is 9.64 Å². The van der Waals surface area contributed by atoms with E-state index in [0.29, 0.717) is 6.54 Å². The van der Waals surface area contributed by atoms with Crippen molar-refractivity contribution in [3.05, 3.63) is 12.7 Å². The summed E-state index contributed by atoms with van der Waals surface area (Å²) >= 11 is 0. The fraction of sp³-hybridized carbons (Fsp3) is 0.786. The van der Waals surface area contributed by atoms with Crippen LogP contribution in [-0.4, -0.2) is 29.7 Å². The van der Waals surface area contributed by atoms with E-state index in [1.807, 2.05) is 26.8 Å². The Morgan fingerprint density at radius 1 is 1.29 bits per heavy atom. The molecule has 17 heavy (non-hydrogen) atoms. The minimum absolute atomic E-state index is 0.213. The topological polar surface area (TPSA) is 29.5 Å². The zero-order valence-electron chi connectivity index (χ0n) is 11.8. The van der Waals surface area contributed by atoms with Crippen molar-refractivity contribution in [2.24, 2.45) is 0 Å². The Labute approximate surface area is 106 Å². The van der Waals surface area contributed by atoms with Gasteiger partial charge in [-0.3, -0.25) is 0 Å². The van der Waals surface area contributed by atoms with Crippen molar-refractivity contribution >= 4 is 6.09 Å². The summed E-state index contributed by atoms with van der Waals surface area (Å²) in [6, 6.07) is 0. The molecule has 0 aliphatic carbocycles. The van der Waals surface area contributed by atoms with E-state index in [4.69, 9.17) is 4.74 Å². The number of carbonyl (C=O) groups excluding carboxylic acids is 1. The number of carbonyl (C=O) groups is 1. The third-order valence-corrected chi connectivity index (χ3v) is 2.29. The second-order valence-electron chi connectivity index (χ2n) is 5.25. The second-order valence-corrected chi connectivity index (χ2v) is 5.25. The summed E-state index contributed by atoms with van der Waals surface area (Å²) in [6.07, 6.45) is 5.77. The predicted molar refractivity (Wildman–Crippen MR) is 72.1 cm³/mol. The van der Waals surface area contributed by atoms with Crippen molar-refractivity contribution in [1.29, 1.82) is 0 Å². The molecule has 0 unspecified atom stereocenters. The molecular weight excluding hydrogens is 214 g/mol. The molecule has 0 saturated carbocycles. The van der Waals surface area contributed by atoms with Gasteiger partial charge in [0.2, 0.25) is 0 Å². The highest BCUT2D eigenvalue weighted by Gasteiger charge is 2.21. The molecular formula is C14H27NO2. The van der Waals surface area contributed by atoms with Crippen molar-refractivity contribution in [3.8, 4) is 0 Å². The van der Waals surface area contributed by atoms with E-state index in [9.17, 15) is 4.79 Å². The van der Waals surface area contributed by atoms with Gasteiger partial charge in [-0.1, -0.05) is 25.8 Å². The van der Waals surface area contributed by atoms with E-state index in [1.165, 1.54) is 0 Å². The fourth-order valence-corrected chi connectivity index (χ4v) is 1.42. The summed E-state index contributed by atoms with van der Waals surface area (Å²) in [4.78, 5) is 13.7. The highest BCUT2D eigenvalue weighted by molar-refractivity contribution is 5.68. The first-order valence-corrected chi connectivity index (χ1v) is 6.49.